The highest BCUT2D eigenvalue weighted by Crippen LogP contribution is 2.35. The molecular weight excluding hydrogens is 544 g/mol. The van der Waals surface area contributed by atoms with E-state index in [4.69, 9.17) is 0 Å². The lowest BCUT2D eigenvalue weighted by Gasteiger charge is -2.39. The third kappa shape index (κ3) is 15.5. The van der Waals surface area contributed by atoms with Crippen LogP contribution in [0.5, 0.6) is 0 Å². The van der Waals surface area contributed by atoms with Crippen LogP contribution < -0.4 is 16.0 Å². The average Bonchev–Trinajstić information content (AvgIpc) is 3.63. The van der Waals surface area contributed by atoms with Gasteiger partial charge in [0.25, 0.3) is 0 Å². The van der Waals surface area contributed by atoms with Gasteiger partial charge in [0.15, 0.2) is 5.88 Å². The van der Waals surface area contributed by atoms with Gasteiger partial charge in [0.05, 0.1) is 6.04 Å². The summed E-state index contributed by atoms with van der Waals surface area (Å²) in [6.45, 7) is 27.8. The summed E-state index contributed by atoms with van der Waals surface area (Å²) in [7, 11) is 1.89. The molecule has 2 saturated carbocycles. The second-order valence-electron chi connectivity index (χ2n) is 13.0. The Morgan fingerprint density at radius 1 is 0.977 bits per heavy atom. The molecule has 1 aliphatic heterocycles. The summed E-state index contributed by atoms with van der Waals surface area (Å²) in [5.41, 5.74) is 1.85. The standard InChI is InChI=1S/C27H45N3O2.C6H12.C4H9N.CH4/c1-7-9-15-24(18-19(3)8-2)29-27(32)26-20(4)16-17-30(26)21(5)25(28-22(6)31)23-13-11-10-12-14-23;1-6-4-2-3-5-6;1-3-4-5-2;/h8,20,23-26,28,31H,2-3,5-7,9-18H2,1,4H3,(H,29,32);6H,2-5H2,1H3;3,5H,1,4H2,2H3;1H4/t20-,24?,25?,26?;;;/m0.../s1. The van der Waals surface area contributed by atoms with Crippen molar-refractivity contribution < 1.29 is 9.90 Å². The van der Waals surface area contributed by atoms with Crippen molar-refractivity contribution in [2.24, 2.45) is 17.8 Å². The molecule has 0 spiro atoms. The quantitative estimate of drug-likeness (QED) is 0.0842. The second kappa shape index (κ2) is 23.9. The molecule has 1 saturated heterocycles. The molecule has 2 aliphatic carbocycles. The number of allylic oxidation sites excluding steroid dienone is 1. The number of amides is 1. The molecule has 3 aliphatic rings. The third-order valence-electron chi connectivity index (χ3n) is 9.18. The Labute approximate surface area is 272 Å². The van der Waals surface area contributed by atoms with Gasteiger partial charge in [0.2, 0.25) is 5.91 Å². The topological polar surface area (TPSA) is 76.6 Å². The number of nitrogens with one attached hydrogen (secondary N) is 3. The Balaban J connectivity index is 0.00000129. The number of aliphatic hydroxyl groups excluding tert-OH is 1. The first-order valence-electron chi connectivity index (χ1n) is 17.0. The van der Waals surface area contributed by atoms with E-state index in [2.05, 4.69) is 74.5 Å². The van der Waals surface area contributed by atoms with Crippen LogP contribution in [0.1, 0.15) is 118 Å². The van der Waals surface area contributed by atoms with E-state index in [1.807, 2.05) is 13.1 Å². The summed E-state index contributed by atoms with van der Waals surface area (Å²) in [5, 5.41) is 19.3. The smallest absolute Gasteiger partial charge is 0.243 e. The van der Waals surface area contributed by atoms with Crippen LogP contribution in [-0.2, 0) is 4.79 Å². The molecule has 0 radical (unpaired) electrons. The fraction of sp³-hybridized carbons (Fsp3) is 0.711. The molecule has 4 N–H and O–H groups in total. The zero-order valence-electron chi connectivity index (χ0n) is 28.3. The number of likely N-dealkylation sites (tertiary alicyclic amines) is 1. The van der Waals surface area contributed by atoms with Gasteiger partial charge in [-0.3, -0.25) is 4.79 Å². The first kappa shape index (κ1) is 41.5. The molecule has 1 heterocycles. The number of unbranched alkanes of at least 4 members (excludes halogenated alkanes) is 1. The lowest BCUT2D eigenvalue weighted by molar-refractivity contribution is -0.126. The van der Waals surface area contributed by atoms with E-state index in [1.165, 1.54) is 44.9 Å². The molecule has 4 atom stereocenters. The third-order valence-corrected chi connectivity index (χ3v) is 9.18. The predicted octanol–water partition coefficient (Wildman–Crippen LogP) is 8.81. The molecule has 44 heavy (non-hydrogen) atoms. The van der Waals surface area contributed by atoms with Gasteiger partial charge in [-0.1, -0.05) is 123 Å². The van der Waals surface area contributed by atoms with Gasteiger partial charge in [0.1, 0.15) is 6.04 Å². The van der Waals surface area contributed by atoms with E-state index < -0.39 is 0 Å². The van der Waals surface area contributed by atoms with Crippen molar-refractivity contribution in [1.29, 1.82) is 0 Å². The van der Waals surface area contributed by atoms with Crippen LogP contribution in [0.15, 0.2) is 62.2 Å². The minimum absolute atomic E-state index is 0. The van der Waals surface area contributed by atoms with E-state index in [1.54, 1.807) is 6.08 Å². The van der Waals surface area contributed by atoms with Gasteiger partial charge in [0, 0.05) is 24.8 Å². The van der Waals surface area contributed by atoms with E-state index in [-0.39, 0.29) is 43.3 Å². The fourth-order valence-corrected chi connectivity index (χ4v) is 6.60. The minimum Gasteiger partial charge on any atom is -0.495 e. The molecule has 0 bridgehead atoms. The van der Waals surface area contributed by atoms with Crippen LogP contribution >= 0.6 is 0 Å². The van der Waals surface area contributed by atoms with Gasteiger partial charge >= 0.3 is 0 Å². The second-order valence-corrected chi connectivity index (χ2v) is 13.0. The van der Waals surface area contributed by atoms with Crippen LogP contribution in [0.2, 0.25) is 0 Å². The number of carbonyl (C=O) groups is 1. The molecule has 3 rings (SSSR count). The summed E-state index contributed by atoms with van der Waals surface area (Å²) < 4.78 is 0. The first-order valence-corrected chi connectivity index (χ1v) is 17.0. The Morgan fingerprint density at radius 3 is 2.05 bits per heavy atom. The molecule has 1 amide bonds. The summed E-state index contributed by atoms with van der Waals surface area (Å²) in [5.74, 6) is 1.72. The SMILES string of the molecule is C.C=CC(=C)CC(CCCC)NC(=O)C1[C@@H](C)CCN1C(=C)C(NC(=C)O)C1CCCCC1.C=CCNC.CC1CCCC1. The number of hydrogen-bond acceptors (Lipinski definition) is 5. The molecular formula is C38H70N4O2. The Hall–Kier alpha value is -2.47. The van der Waals surface area contributed by atoms with Gasteiger partial charge < -0.3 is 26.0 Å². The monoisotopic (exact) mass is 615 g/mol. The van der Waals surface area contributed by atoms with E-state index >= 15 is 0 Å². The van der Waals surface area contributed by atoms with Crippen LogP contribution in [0.4, 0.5) is 0 Å². The fourth-order valence-electron chi connectivity index (χ4n) is 6.60. The van der Waals surface area contributed by atoms with Gasteiger partial charge in [-0.05, 0) is 63.5 Å². The van der Waals surface area contributed by atoms with Gasteiger partial charge in [-0.25, -0.2) is 0 Å². The maximum atomic E-state index is 13.5. The normalized spacial score (nSPS) is 21.2. The van der Waals surface area contributed by atoms with E-state index in [0.717, 1.165) is 75.2 Å². The largest absolute Gasteiger partial charge is 0.495 e. The van der Waals surface area contributed by atoms with Crippen LogP contribution in [-0.4, -0.2) is 54.2 Å². The number of carbonyl (C=O) groups excluding carboxylic acids is 1. The minimum atomic E-state index is -0.247. The summed E-state index contributed by atoms with van der Waals surface area (Å²) in [6, 6.07) is -0.270. The van der Waals surface area contributed by atoms with Gasteiger partial charge in [-0.15, -0.1) is 6.58 Å². The predicted molar refractivity (Wildman–Crippen MR) is 193 cm³/mol. The molecule has 6 heteroatoms. The Morgan fingerprint density at radius 2 is 1.59 bits per heavy atom. The van der Waals surface area contributed by atoms with E-state index in [9.17, 15) is 9.90 Å². The lowest BCUT2D eigenvalue weighted by Crippen LogP contribution is -2.52. The number of nitrogens with zero attached hydrogens (tertiary/aromatic N) is 1. The molecule has 3 fully saturated rings. The highest BCUT2D eigenvalue weighted by atomic mass is 16.3. The zero-order chi connectivity index (χ0) is 32.2. The van der Waals surface area contributed by atoms with Crippen molar-refractivity contribution in [2.45, 2.75) is 136 Å². The van der Waals surface area contributed by atoms with Crippen molar-refractivity contribution in [2.75, 3.05) is 20.1 Å². The Kier molecular flexibility index (Phi) is 22.5. The molecule has 3 unspecified atom stereocenters. The maximum Gasteiger partial charge on any atom is 0.243 e. The van der Waals surface area contributed by atoms with Crippen molar-refractivity contribution in [3.63, 3.8) is 0 Å². The highest BCUT2D eigenvalue weighted by molar-refractivity contribution is 5.83. The Bertz CT molecular complexity index is 857. The number of aliphatic hydroxyl groups is 1. The summed E-state index contributed by atoms with van der Waals surface area (Å²) in [6.07, 6.45) is 20.2. The van der Waals surface area contributed by atoms with Crippen molar-refractivity contribution in [3.8, 4) is 0 Å². The van der Waals surface area contributed by atoms with Crippen molar-refractivity contribution in [3.05, 3.63) is 62.2 Å². The molecule has 0 aromatic carbocycles. The summed E-state index contributed by atoms with van der Waals surface area (Å²) in [4.78, 5) is 15.7. The highest BCUT2D eigenvalue weighted by Gasteiger charge is 2.41. The van der Waals surface area contributed by atoms with Gasteiger partial charge in [-0.2, -0.15) is 0 Å². The number of hydrogen-bond donors (Lipinski definition) is 4. The molecule has 254 valence electrons. The van der Waals surface area contributed by atoms with Crippen LogP contribution in [0, 0.1) is 17.8 Å². The average molecular weight is 615 g/mol. The molecule has 0 aromatic rings. The van der Waals surface area contributed by atoms with Crippen LogP contribution in [0.25, 0.3) is 0 Å². The van der Waals surface area contributed by atoms with E-state index in [0.29, 0.717) is 5.92 Å². The van der Waals surface area contributed by atoms with Crippen molar-refractivity contribution in [1.82, 2.24) is 20.9 Å². The summed E-state index contributed by atoms with van der Waals surface area (Å²) >= 11 is 0. The first-order chi connectivity index (χ1) is 20.6. The zero-order valence-corrected chi connectivity index (χ0v) is 28.3. The number of rotatable bonds is 15. The number of likely N-dealkylation sites (N-methyl/N-ethyl adjacent to an activating group) is 1. The van der Waals surface area contributed by atoms with Crippen molar-refractivity contribution >= 4 is 5.91 Å². The van der Waals surface area contributed by atoms with Crippen LogP contribution in [0.3, 0.4) is 0 Å². The maximum absolute atomic E-state index is 13.5. The lowest BCUT2D eigenvalue weighted by atomic mass is 9.82. The molecule has 6 nitrogen and oxygen atoms in total. The molecule has 0 aromatic heterocycles.